The molecule has 5 rings (SSSR count). The summed E-state index contributed by atoms with van der Waals surface area (Å²) in [7, 11) is 0. The van der Waals surface area contributed by atoms with Gasteiger partial charge in [0.05, 0.1) is 6.07 Å². The summed E-state index contributed by atoms with van der Waals surface area (Å²) in [6.45, 7) is 0. The quantitative estimate of drug-likeness (QED) is 0.235. The highest BCUT2D eigenvalue weighted by molar-refractivity contribution is 6.06. The van der Waals surface area contributed by atoms with Gasteiger partial charge in [-0.05, 0) is 70.8 Å². The van der Waals surface area contributed by atoms with Gasteiger partial charge in [0.15, 0.2) is 0 Å². The van der Waals surface area contributed by atoms with Crippen LogP contribution in [-0.4, -0.2) is 0 Å². The molecule has 5 aromatic rings. The minimum absolute atomic E-state index is 0.562. The molecule has 0 atom stereocenters. The van der Waals surface area contributed by atoms with Gasteiger partial charge >= 0.3 is 0 Å². The lowest BCUT2D eigenvalue weighted by atomic mass is 10.0. The molecule has 0 aliphatic rings. The number of nitrogens with two attached hydrogens (primary N) is 1. The number of nitrogens with zero attached hydrogens (tertiary/aromatic N) is 1. The fraction of sp³-hybridized carbons (Fsp3) is 0.0333. The number of rotatable bonds is 5. The van der Waals surface area contributed by atoms with Crippen LogP contribution in [0.15, 0.2) is 119 Å². The van der Waals surface area contributed by atoms with Crippen molar-refractivity contribution in [1.82, 2.24) is 0 Å². The van der Waals surface area contributed by atoms with Crippen LogP contribution in [0.3, 0.4) is 0 Å². The smallest absolute Gasteiger partial charge is 0.136 e. The van der Waals surface area contributed by atoms with E-state index in [1.54, 1.807) is 6.08 Å². The van der Waals surface area contributed by atoms with Gasteiger partial charge in [-0.15, -0.1) is 0 Å². The third-order valence-electron chi connectivity index (χ3n) is 5.83. The third kappa shape index (κ3) is 4.15. The van der Waals surface area contributed by atoms with Crippen LogP contribution < -0.4 is 5.73 Å². The molecule has 0 radical (unpaired) electrons. The summed E-state index contributed by atoms with van der Waals surface area (Å²) in [6, 6.07) is 33.6. The van der Waals surface area contributed by atoms with E-state index < -0.39 is 0 Å². The monoisotopic (exact) mass is 426 g/mol. The normalized spacial score (nSPS) is 11.9. The van der Waals surface area contributed by atoms with Crippen molar-refractivity contribution in [3.63, 3.8) is 0 Å². The van der Waals surface area contributed by atoms with Crippen LogP contribution in [0.1, 0.15) is 5.56 Å². The largest absolute Gasteiger partial charge is 0.456 e. The Morgan fingerprint density at radius 2 is 1.33 bits per heavy atom. The maximum atomic E-state index is 9.11. The van der Waals surface area contributed by atoms with Crippen LogP contribution >= 0.6 is 0 Å². The maximum absolute atomic E-state index is 9.11. The van der Waals surface area contributed by atoms with E-state index in [-0.39, 0.29) is 0 Å². The first-order chi connectivity index (χ1) is 16.2. The lowest BCUT2D eigenvalue weighted by Crippen LogP contribution is -1.85. The molecule has 33 heavy (non-hydrogen) atoms. The minimum atomic E-state index is 0.562. The molecule has 0 fully saturated rings. The van der Waals surface area contributed by atoms with Gasteiger partial charge in [0, 0.05) is 16.3 Å². The summed E-state index contributed by atoms with van der Waals surface area (Å²) in [5, 5.41) is 11.3. The molecule has 0 saturated carbocycles. The molecule has 4 aromatic carbocycles. The fourth-order valence-corrected chi connectivity index (χ4v) is 4.08. The molecule has 158 valence electrons. The lowest BCUT2D eigenvalue weighted by molar-refractivity contribution is 0.669. The molecule has 0 aliphatic carbocycles. The average molecular weight is 427 g/mol. The zero-order valence-corrected chi connectivity index (χ0v) is 18.0. The van der Waals surface area contributed by atoms with Gasteiger partial charge in [-0.1, -0.05) is 72.8 Å². The summed E-state index contributed by atoms with van der Waals surface area (Å²) in [6.07, 6.45) is 5.55. The highest BCUT2D eigenvalue weighted by atomic mass is 16.3. The Morgan fingerprint density at radius 3 is 1.91 bits per heavy atom. The number of benzene rings is 4. The number of nitriles is 1. The van der Waals surface area contributed by atoms with Crippen LogP contribution in [0.5, 0.6) is 0 Å². The number of hydrogen-bond acceptors (Lipinski definition) is 3. The first-order valence-corrected chi connectivity index (χ1v) is 10.8. The molecule has 2 N–H and O–H groups in total. The molecule has 0 unspecified atom stereocenters. The van der Waals surface area contributed by atoms with Crippen molar-refractivity contribution in [2.75, 3.05) is 0 Å². The number of allylic oxidation sites excluding steroid dienone is 3. The average Bonchev–Trinajstić information content (AvgIpc) is 3.24. The molecule has 0 amide bonds. The Hall–Kier alpha value is -4.55. The van der Waals surface area contributed by atoms with E-state index >= 15 is 0 Å². The van der Waals surface area contributed by atoms with Crippen molar-refractivity contribution in [3.8, 4) is 28.3 Å². The van der Waals surface area contributed by atoms with Crippen LogP contribution in [0.2, 0.25) is 0 Å². The molecular formula is C30H22N2O. The van der Waals surface area contributed by atoms with E-state index in [2.05, 4.69) is 78.9 Å². The predicted octanol–water partition coefficient (Wildman–Crippen LogP) is 7.38. The van der Waals surface area contributed by atoms with Gasteiger partial charge in [-0.2, -0.15) is 5.26 Å². The van der Waals surface area contributed by atoms with Crippen LogP contribution in [0.4, 0.5) is 0 Å². The fourth-order valence-electron chi connectivity index (χ4n) is 4.08. The zero-order chi connectivity index (χ0) is 22.6. The highest BCUT2D eigenvalue weighted by Crippen LogP contribution is 2.34. The molecule has 0 saturated heterocycles. The molecule has 0 spiro atoms. The summed E-state index contributed by atoms with van der Waals surface area (Å²) < 4.78 is 6.25. The molecule has 1 aromatic heterocycles. The molecule has 3 heteroatoms. The van der Waals surface area contributed by atoms with Gasteiger partial charge in [0.2, 0.25) is 0 Å². The lowest BCUT2D eigenvalue weighted by Gasteiger charge is -2.04. The van der Waals surface area contributed by atoms with E-state index in [1.165, 1.54) is 11.8 Å². The maximum Gasteiger partial charge on any atom is 0.136 e. The summed E-state index contributed by atoms with van der Waals surface area (Å²) in [4.78, 5) is 0. The van der Waals surface area contributed by atoms with Crippen LogP contribution in [0, 0.1) is 11.3 Å². The van der Waals surface area contributed by atoms with Crippen molar-refractivity contribution in [1.29, 1.82) is 5.26 Å². The zero-order valence-electron chi connectivity index (χ0n) is 18.0. The Bertz CT molecular complexity index is 1530. The highest BCUT2D eigenvalue weighted by Gasteiger charge is 2.10. The van der Waals surface area contributed by atoms with Crippen molar-refractivity contribution in [3.05, 3.63) is 120 Å². The standard InChI is InChI=1S/C30H22N2O/c31-17-16-22(20-32)7-6-21-8-10-24(11-9-21)26-13-15-28-27-14-12-25(23-4-2-1-3-5-23)18-29(27)33-30(28)19-26/h1-5,7-19H,6,31H2/b17-16-,22-7+. The van der Waals surface area contributed by atoms with Crippen molar-refractivity contribution in [2.45, 2.75) is 6.42 Å². The predicted molar refractivity (Wildman–Crippen MR) is 135 cm³/mol. The number of fused-ring (bicyclic) bond motifs is 3. The number of hydrogen-bond donors (Lipinski definition) is 1. The Labute approximate surface area is 192 Å². The summed E-state index contributed by atoms with van der Waals surface area (Å²) >= 11 is 0. The molecule has 0 bridgehead atoms. The second kappa shape index (κ2) is 8.90. The van der Waals surface area contributed by atoms with Crippen molar-refractivity contribution < 1.29 is 4.42 Å². The Balaban J connectivity index is 1.44. The number of furan rings is 1. The Morgan fingerprint density at radius 1 is 0.758 bits per heavy atom. The van der Waals surface area contributed by atoms with Gasteiger partial charge < -0.3 is 10.2 Å². The Kier molecular flexibility index (Phi) is 5.49. The first kappa shape index (κ1) is 20.4. The SMILES string of the molecule is N#CC(/C=C\N)=C/Cc1ccc(-c2ccc3c(c2)oc2cc(-c4ccccc4)ccc23)cc1. The molecule has 0 aliphatic heterocycles. The van der Waals surface area contributed by atoms with Gasteiger partial charge in [0.1, 0.15) is 11.2 Å². The minimum Gasteiger partial charge on any atom is -0.456 e. The summed E-state index contributed by atoms with van der Waals surface area (Å²) in [5.74, 6) is 0. The van der Waals surface area contributed by atoms with E-state index in [0.29, 0.717) is 12.0 Å². The molecule has 1 heterocycles. The van der Waals surface area contributed by atoms with Crippen LogP contribution in [0.25, 0.3) is 44.2 Å². The summed E-state index contributed by atoms with van der Waals surface area (Å²) in [5.41, 5.74) is 13.4. The molecule has 3 nitrogen and oxygen atoms in total. The van der Waals surface area contributed by atoms with Gasteiger partial charge in [-0.3, -0.25) is 0 Å². The van der Waals surface area contributed by atoms with E-state index in [9.17, 15) is 0 Å². The van der Waals surface area contributed by atoms with E-state index in [4.69, 9.17) is 15.4 Å². The first-order valence-electron chi connectivity index (χ1n) is 10.8. The van der Waals surface area contributed by atoms with Crippen LogP contribution in [-0.2, 0) is 6.42 Å². The van der Waals surface area contributed by atoms with Gasteiger partial charge in [0.25, 0.3) is 0 Å². The van der Waals surface area contributed by atoms with Crippen molar-refractivity contribution >= 4 is 21.9 Å². The topological polar surface area (TPSA) is 63.0 Å². The van der Waals surface area contributed by atoms with E-state index in [0.717, 1.165) is 44.2 Å². The van der Waals surface area contributed by atoms with Gasteiger partial charge in [-0.25, -0.2) is 0 Å². The second-order valence-electron chi connectivity index (χ2n) is 7.92. The van der Waals surface area contributed by atoms with E-state index in [1.807, 2.05) is 24.3 Å². The second-order valence-corrected chi connectivity index (χ2v) is 7.92. The van der Waals surface area contributed by atoms with Crippen molar-refractivity contribution in [2.24, 2.45) is 5.73 Å². The third-order valence-corrected chi connectivity index (χ3v) is 5.83. The molecular weight excluding hydrogens is 404 g/mol.